The van der Waals surface area contributed by atoms with E-state index in [9.17, 15) is 14.7 Å². The maximum atomic E-state index is 13.1. The number of aryl methyl sites for hydroxylation is 1. The van der Waals surface area contributed by atoms with E-state index in [1.54, 1.807) is 37.4 Å². The Morgan fingerprint density at radius 3 is 2.28 bits per heavy atom. The summed E-state index contributed by atoms with van der Waals surface area (Å²) in [6, 6.07) is 11.8. The van der Waals surface area contributed by atoms with E-state index in [1.165, 1.54) is 12.0 Å². The van der Waals surface area contributed by atoms with Gasteiger partial charge in [0.05, 0.1) is 25.8 Å². The molecule has 1 N–H and O–H groups in total. The summed E-state index contributed by atoms with van der Waals surface area (Å²) in [4.78, 5) is 29.6. The van der Waals surface area contributed by atoms with Crippen molar-refractivity contribution in [1.82, 2.24) is 9.80 Å². The van der Waals surface area contributed by atoms with Gasteiger partial charge in [0.25, 0.3) is 11.7 Å². The third-order valence-electron chi connectivity index (χ3n) is 5.59. The molecule has 1 aliphatic rings. The van der Waals surface area contributed by atoms with Crippen molar-refractivity contribution in [2.24, 2.45) is 0 Å². The first-order valence-corrected chi connectivity index (χ1v) is 10.5. The number of Topliss-reactive ketones (excluding diaryl/α,β-unsaturated/α-hetero) is 1. The first-order valence-electron chi connectivity index (χ1n) is 10.5. The summed E-state index contributed by atoms with van der Waals surface area (Å²) in [6.07, 6.45) is 0.689. The first-order chi connectivity index (χ1) is 15.3. The molecule has 1 atom stereocenters. The highest BCUT2D eigenvalue weighted by Gasteiger charge is 2.46. The molecule has 1 saturated heterocycles. The Morgan fingerprint density at radius 2 is 1.69 bits per heavy atom. The lowest BCUT2D eigenvalue weighted by molar-refractivity contribution is -0.139. The maximum absolute atomic E-state index is 13.1. The Labute approximate surface area is 188 Å². The number of carbonyl (C=O) groups excluding carboxylic acids is 2. The molecule has 0 unspecified atom stereocenters. The van der Waals surface area contributed by atoms with Crippen molar-refractivity contribution in [2.45, 2.75) is 19.4 Å². The minimum atomic E-state index is -0.724. The van der Waals surface area contributed by atoms with Crippen LogP contribution in [-0.2, 0) is 9.59 Å². The van der Waals surface area contributed by atoms with Gasteiger partial charge in [-0.1, -0.05) is 35.9 Å². The Kier molecular flexibility index (Phi) is 7.20. The molecule has 0 aromatic heterocycles. The molecule has 7 heteroatoms. The van der Waals surface area contributed by atoms with E-state index < -0.39 is 17.7 Å². The number of likely N-dealkylation sites (tertiary alicyclic amines) is 1. The third-order valence-corrected chi connectivity index (χ3v) is 5.59. The molecule has 2 aromatic carbocycles. The number of aliphatic hydroxyl groups is 1. The number of hydrogen-bond acceptors (Lipinski definition) is 6. The van der Waals surface area contributed by atoms with Crippen LogP contribution in [0.25, 0.3) is 5.76 Å². The van der Waals surface area contributed by atoms with Gasteiger partial charge in [0, 0.05) is 12.1 Å². The molecule has 0 aliphatic carbocycles. The molecular weight excluding hydrogens is 408 g/mol. The summed E-state index contributed by atoms with van der Waals surface area (Å²) in [7, 11) is 6.98. The number of methoxy groups -OCH3 is 2. The molecule has 3 rings (SSSR count). The topological polar surface area (TPSA) is 79.3 Å². The second-order valence-corrected chi connectivity index (χ2v) is 8.13. The molecule has 1 amide bonds. The molecule has 2 aromatic rings. The van der Waals surface area contributed by atoms with Crippen LogP contribution in [0.4, 0.5) is 0 Å². The molecular formula is C25H30N2O5. The van der Waals surface area contributed by atoms with Crippen molar-refractivity contribution >= 4 is 17.4 Å². The average Bonchev–Trinajstić information content (AvgIpc) is 3.03. The molecule has 170 valence electrons. The van der Waals surface area contributed by atoms with Crippen LogP contribution in [-0.4, -0.2) is 68.0 Å². The van der Waals surface area contributed by atoms with Crippen molar-refractivity contribution in [1.29, 1.82) is 0 Å². The maximum Gasteiger partial charge on any atom is 0.295 e. The SMILES string of the molecule is COc1ccc([C@H]2C(=C(O)c3ccc(C)cc3)C(=O)C(=O)N2CCCN(C)C)cc1OC. The van der Waals surface area contributed by atoms with Crippen LogP contribution < -0.4 is 9.47 Å². The van der Waals surface area contributed by atoms with Gasteiger partial charge in [-0.3, -0.25) is 9.59 Å². The molecule has 0 saturated carbocycles. The summed E-state index contributed by atoms with van der Waals surface area (Å²) in [5.41, 5.74) is 2.27. The summed E-state index contributed by atoms with van der Waals surface area (Å²) in [5, 5.41) is 11.1. The van der Waals surface area contributed by atoms with E-state index in [0.717, 1.165) is 12.1 Å². The predicted octanol–water partition coefficient (Wildman–Crippen LogP) is 3.39. The number of ether oxygens (including phenoxy) is 2. The van der Waals surface area contributed by atoms with E-state index >= 15 is 0 Å². The summed E-state index contributed by atoms with van der Waals surface area (Å²) < 4.78 is 10.8. The molecule has 1 heterocycles. The molecule has 1 fully saturated rings. The second-order valence-electron chi connectivity index (χ2n) is 8.13. The van der Waals surface area contributed by atoms with Crippen LogP contribution in [0.5, 0.6) is 11.5 Å². The van der Waals surface area contributed by atoms with Crippen molar-refractivity contribution in [3.05, 3.63) is 64.7 Å². The monoisotopic (exact) mass is 438 g/mol. The number of hydrogen-bond donors (Lipinski definition) is 1. The largest absolute Gasteiger partial charge is 0.507 e. The third kappa shape index (κ3) is 4.62. The normalized spacial score (nSPS) is 17.8. The summed E-state index contributed by atoms with van der Waals surface area (Å²) >= 11 is 0. The zero-order valence-electron chi connectivity index (χ0n) is 19.2. The minimum absolute atomic E-state index is 0.0796. The van der Waals surface area contributed by atoms with Gasteiger partial charge in [-0.25, -0.2) is 0 Å². The van der Waals surface area contributed by atoms with Gasteiger partial charge in [-0.15, -0.1) is 0 Å². The number of amides is 1. The molecule has 32 heavy (non-hydrogen) atoms. The molecule has 0 bridgehead atoms. The van der Waals surface area contributed by atoms with Crippen molar-refractivity contribution in [3.63, 3.8) is 0 Å². The van der Waals surface area contributed by atoms with Gasteiger partial charge in [0.15, 0.2) is 11.5 Å². The standard InChI is InChI=1S/C25H30N2O5/c1-16-7-9-17(10-8-16)23(28)21-22(18-11-12-19(31-4)20(15-18)32-5)27(25(30)24(21)29)14-6-13-26(2)3/h7-12,15,22,28H,6,13-14H2,1-5H3/t22-/m0/s1. The van der Waals surface area contributed by atoms with E-state index in [-0.39, 0.29) is 11.3 Å². The van der Waals surface area contributed by atoms with Crippen LogP contribution >= 0.6 is 0 Å². The lowest BCUT2D eigenvalue weighted by Crippen LogP contribution is -2.32. The fraction of sp³-hybridized carbons (Fsp3) is 0.360. The highest BCUT2D eigenvalue weighted by Crippen LogP contribution is 2.42. The van der Waals surface area contributed by atoms with Crippen molar-refractivity contribution in [2.75, 3.05) is 41.4 Å². The van der Waals surface area contributed by atoms with Crippen molar-refractivity contribution < 1.29 is 24.2 Å². The second kappa shape index (κ2) is 9.87. The number of aliphatic hydroxyl groups excluding tert-OH is 1. The molecule has 0 spiro atoms. The van der Waals surface area contributed by atoms with Gasteiger partial charge in [0.1, 0.15) is 5.76 Å². The Bertz CT molecular complexity index is 1030. The number of rotatable bonds is 8. The summed E-state index contributed by atoms with van der Waals surface area (Å²) in [5.74, 6) is -0.457. The van der Waals surface area contributed by atoms with Crippen LogP contribution in [0, 0.1) is 6.92 Å². The number of carbonyl (C=O) groups is 2. The van der Waals surface area contributed by atoms with Gasteiger partial charge < -0.3 is 24.4 Å². The van der Waals surface area contributed by atoms with Crippen LogP contribution in [0.15, 0.2) is 48.0 Å². The van der Waals surface area contributed by atoms with Crippen LogP contribution in [0.3, 0.4) is 0 Å². The molecule has 0 radical (unpaired) electrons. The zero-order valence-corrected chi connectivity index (χ0v) is 19.2. The number of benzene rings is 2. The van der Waals surface area contributed by atoms with E-state index in [2.05, 4.69) is 0 Å². The van der Waals surface area contributed by atoms with Gasteiger partial charge in [-0.05, 0) is 51.7 Å². The van der Waals surface area contributed by atoms with Gasteiger partial charge in [0.2, 0.25) is 0 Å². The minimum Gasteiger partial charge on any atom is -0.507 e. The predicted molar refractivity (Wildman–Crippen MR) is 123 cm³/mol. The van der Waals surface area contributed by atoms with E-state index in [1.807, 2.05) is 38.1 Å². The quantitative estimate of drug-likeness (QED) is 0.387. The van der Waals surface area contributed by atoms with Gasteiger partial charge >= 0.3 is 0 Å². The zero-order chi connectivity index (χ0) is 23.4. The highest BCUT2D eigenvalue weighted by molar-refractivity contribution is 6.46. The smallest absolute Gasteiger partial charge is 0.295 e. The van der Waals surface area contributed by atoms with E-state index in [4.69, 9.17) is 9.47 Å². The Balaban J connectivity index is 2.13. The van der Waals surface area contributed by atoms with Crippen LogP contribution in [0.2, 0.25) is 0 Å². The summed E-state index contributed by atoms with van der Waals surface area (Å²) in [6.45, 7) is 3.09. The lowest BCUT2D eigenvalue weighted by atomic mass is 9.94. The fourth-order valence-electron chi connectivity index (χ4n) is 3.90. The van der Waals surface area contributed by atoms with Crippen molar-refractivity contribution in [3.8, 4) is 11.5 Å². The molecule has 7 nitrogen and oxygen atoms in total. The Morgan fingerprint density at radius 1 is 1.03 bits per heavy atom. The Hall–Kier alpha value is -3.32. The molecule has 1 aliphatic heterocycles. The number of ketones is 1. The van der Waals surface area contributed by atoms with E-state index in [0.29, 0.717) is 35.6 Å². The van der Waals surface area contributed by atoms with Crippen LogP contribution in [0.1, 0.15) is 29.2 Å². The first kappa shape index (κ1) is 23.3. The average molecular weight is 439 g/mol. The number of nitrogens with zero attached hydrogens (tertiary/aromatic N) is 2. The fourth-order valence-corrected chi connectivity index (χ4v) is 3.90. The lowest BCUT2D eigenvalue weighted by Gasteiger charge is -2.26. The van der Waals surface area contributed by atoms with Gasteiger partial charge in [-0.2, -0.15) is 0 Å². The highest BCUT2D eigenvalue weighted by atomic mass is 16.5.